The molecule has 0 atom stereocenters. The van der Waals surface area contributed by atoms with Crippen molar-refractivity contribution in [2.45, 2.75) is 32.2 Å². The van der Waals surface area contributed by atoms with E-state index in [1.54, 1.807) is 16.9 Å². The normalized spacial score (nSPS) is 15.7. The van der Waals surface area contributed by atoms with Crippen molar-refractivity contribution in [3.8, 4) is 0 Å². The Balaban J connectivity index is 1.62. The number of allylic oxidation sites excluding steroid dienone is 1. The van der Waals surface area contributed by atoms with E-state index in [9.17, 15) is 0 Å². The van der Waals surface area contributed by atoms with Crippen LogP contribution in [0.5, 0.6) is 0 Å². The zero-order valence-electron chi connectivity index (χ0n) is 8.76. The van der Waals surface area contributed by atoms with Crippen molar-refractivity contribution in [3.05, 3.63) is 33.0 Å². The van der Waals surface area contributed by atoms with Crippen molar-refractivity contribution in [1.29, 1.82) is 0 Å². The zero-order valence-corrected chi connectivity index (χ0v) is 10.3. The van der Waals surface area contributed by atoms with Crippen LogP contribution in [0.15, 0.2) is 23.1 Å². The molecule has 0 aliphatic heterocycles. The summed E-state index contributed by atoms with van der Waals surface area (Å²) in [4.78, 5) is 1.32. The molecule has 82 valence electrons. The van der Waals surface area contributed by atoms with Crippen LogP contribution >= 0.6 is 22.9 Å². The fourth-order valence-corrected chi connectivity index (χ4v) is 2.91. The van der Waals surface area contributed by atoms with Crippen LogP contribution in [-0.2, 0) is 6.54 Å². The second-order valence-corrected chi connectivity index (χ2v) is 5.34. The highest BCUT2D eigenvalue weighted by molar-refractivity contribution is 7.10. The van der Waals surface area contributed by atoms with E-state index in [1.807, 2.05) is 11.4 Å². The van der Waals surface area contributed by atoms with E-state index in [1.165, 1.54) is 30.6 Å². The summed E-state index contributed by atoms with van der Waals surface area (Å²) in [5, 5.41) is 6.29. The lowest BCUT2D eigenvalue weighted by molar-refractivity contribution is 0.682. The molecule has 0 bridgehead atoms. The minimum Gasteiger partial charge on any atom is -0.312 e. The molecular weight excluding hydrogens is 226 g/mol. The third-order valence-electron chi connectivity index (χ3n) is 2.68. The third-order valence-corrected chi connectivity index (χ3v) is 3.96. The van der Waals surface area contributed by atoms with E-state index in [-0.39, 0.29) is 0 Å². The van der Waals surface area contributed by atoms with Gasteiger partial charge in [0, 0.05) is 16.8 Å². The van der Waals surface area contributed by atoms with Crippen LogP contribution < -0.4 is 5.32 Å². The van der Waals surface area contributed by atoms with Gasteiger partial charge in [-0.2, -0.15) is 0 Å². The van der Waals surface area contributed by atoms with E-state index in [4.69, 9.17) is 11.6 Å². The van der Waals surface area contributed by atoms with Crippen molar-refractivity contribution < 1.29 is 0 Å². The summed E-state index contributed by atoms with van der Waals surface area (Å²) >= 11 is 7.57. The fraction of sp³-hybridized carbons (Fsp3) is 0.500. The minimum absolute atomic E-state index is 0.857. The summed E-state index contributed by atoms with van der Waals surface area (Å²) in [6, 6.07) is 2.04. The third kappa shape index (κ3) is 3.63. The standard InChI is InChI=1S/C12H16ClNS/c13-11-7-12(15-9-11)8-14-6-5-10-3-1-2-4-10/h3,7,9,14H,1-2,4-6,8H2. The second-order valence-electron chi connectivity index (χ2n) is 3.91. The molecule has 1 aromatic rings. The number of nitrogens with one attached hydrogen (secondary N) is 1. The molecule has 1 aliphatic rings. The monoisotopic (exact) mass is 241 g/mol. The molecule has 0 radical (unpaired) electrons. The van der Waals surface area contributed by atoms with Crippen LogP contribution in [0.1, 0.15) is 30.6 Å². The van der Waals surface area contributed by atoms with Crippen LogP contribution in [-0.4, -0.2) is 6.54 Å². The molecule has 1 aliphatic carbocycles. The largest absolute Gasteiger partial charge is 0.312 e. The van der Waals surface area contributed by atoms with Gasteiger partial charge in [0.25, 0.3) is 0 Å². The predicted molar refractivity (Wildman–Crippen MR) is 67.6 cm³/mol. The average molecular weight is 242 g/mol. The van der Waals surface area contributed by atoms with Gasteiger partial charge in [-0.1, -0.05) is 23.3 Å². The Morgan fingerprint density at radius 2 is 2.40 bits per heavy atom. The molecule has 15 heavy (non-hydrogen) atoms. The maximum absolute atomic E-state index is 5.85. The van der Waals surface area contributed by atoms with Crippen molar-refractivity contribution in [1.82, 2.24) is 5.32 Å². The summed E-state index contributed by atoms with van der Waals surface area (Å²) < 4.78 is 0. The molecule has 1 nitrogen and oxygen atoms in total. The Labute approximate surface area is 100 Å². The van der Waals surface area contributed by atoms with E-state index in [0.29, 0.717) is 0 Å². The Hall–Kier alpha value is -0.310. The zero-order chi connectivity index (χ0) is 10.5. The van der Waals surface area contributed by atoms with Crippen LogP contribution in [0.3, 0.4) is 0 Å². The first-order chi connectivity index (χ1) is 7.34. The topological polar surface area (TPSA) is 12.0 Å². The van der Waals surface area contributed by atoms with Gasteiger partial charge in [0.05, 0.1) is 5.02 Å². The van der Waals surface area contributed by atoms with E-state index in [0.717, 1.165) is 18.1 Å². The smallest absolute Gasteiger partial charge is 0.0516 e. The number of hydrogen-bond donors (Lipinski definition) is 1. The minimum atomic E-state index is 0.857. The van der Waals surface area contributed by atoms with Gasteiger partial charge >= 0.3 is 0 Å². The maximum atomic E-state index is 5.85. The van der Waals surface area contributed by atoms with E-state index in [2.05, 4.69) is 11.4 Å². The molecule has 0 fully saturated rings. The number of halogens is 1. The second kappa shape index (κ2) is 5.69. The Kier molecular flexibility index (Phi) is 4.24. The Bertz CT molecular complexity index is 343. The van der Waals surface area contributed by atoms with Crippen LogP contribution in [0.25, 0.3) is 0 Å². The van der Waals surface area contributed by atoms with Crippen LogP contribution in [0.2, 0.25) is 5.02 Å². The number of rotatable bonds is 5. The molecule has 1 aromatic heterocycles. The van der Waals surface area contributed by atoms with Gasteiger partial charge in [0.15, 0.2) is 0 Å². The number of thiophene rings is 1. The predicted octanol–water partition coefficient (Wildman–Crippen LogP) is 3.99. The van der Waals surface area contributed by atoms with Gasteiger partial charge in [-0.25, -0.2) is 0 Å². The first kappa shape index (κ1) is 11.2. The van der Waals surface area contributed by atoms with Crippen molar-refractivity contribution in [2.75, 3.05) is 6.54 Å². The molecule has 1 N–H and O–H groups in total. The molecule has 0 spiro atoms. The highest BCUT2D eigenvalue weighted by atomic mass is 35.5. The quantitative estimate of drug-likeness (QED) is 0.607. The molecule has 0 unspecified atom stereocenters. The lowest BCUT2D eigenvalue weighted by atomic mass is 10.2. The molecule has 0 amide bonds. The highest BCUT2D eigenvalue weighted by Gasteiger charge is 2.03. The lowest BCUT2D eigenvalue weighted by Crippen LogP contribution is -2.14. The average Bonchev–Trinajstić information content (AvgIpc) is 2.84. The van der Waals surface area contributed by atoms with Gasteiger partial charge in [0.1, 0.15) is 0 Å². The van der Waals surface area contributed by atoms with Gasteiger partial charge < -0.3 is 5.32 Å². The summed E-state index contributed by atoms with van der Waals surface area (Å²) in [6.45, 7) is 2.03. The molecule has 0 aromatic carbocycles. The molecule has 0 saturated heterocycles. The summed E-state index contributed by atoms with van der Waals surface area (Å²) in [7, 11) is 0. The van der Waals surface area contributed by atoms with Crippen molar-refractivity contribution in [2.24, 2.45) is 0 Å². The molecular formula is C12H16ClNS. The molecule has 3 heteroatoms. The number of hydrogen-bond acceptors (Lipinski definition) is 2. The SMILES string of the molecule is Clc1csc(CNCCC2=CCCC2)c1. The molecule has 0 saturated carbocycles. The Morgan fingerprint density at radius 1 is 1.47 bits per heavy atom. The van der Waals surface area contributed by atoms with Gasteiger partial charge in [-0.3, -0.25) is 0 Å². The summed E-state index contributed by atoms with van der Waals surface area (Å²) in [5.74, 6) is 0. The van der Waals surface area contributed by atoms with Crippen LogP contribution in [0, 0.1) is 0 Å². The maximum Gasteiger partial charge on any atom is 0.0516 e. The van der Waals surface area contributed by atoms with Crippen molar-refractivity contribution in [3.63, 3.8) is 0 Å². The molecule has 2 rings (SSSR count). The lowest BCUT2D eigenvalue weighted by Gasteiger charge is -2.03. The first-order valence-electron chi connectivity index (χ1n) is 5.46. The van der Waals surface area contributed by atoms with Crippen LogP contribution in [0.4, 0.5) is 0 Å². The summed E-state index contributed by atoms with van der Waals surface area (Å²) in [5.41, 5.74) is 1.63. The van der Waals surface area contributed by atoms with E-state index < -0.39 is 0 Å². The van der Waals surface area contributed by atoms with Gasteiger partial charge in [-0.05, 0) is 38.3 Å². The fourth-order valence-electron chi connectivity index (χ4n) is 1.87. The van der Waals surface area contributed by atoms with Crippen molar-refractivity contribution >= 4 is 22.9 Å². The summed E-state index contributed by atoms with van der Waals surface area (Å²) in [6.07, 6.45) is 7.56. The molecule has 1 heterocycles. The van der Waals surface area contributed by atoms with Gasteiger partial charge in [-0.15, -0.1) is 11.3 Å². The van der Waals surface area contributed by atoms with E-state index >= 15 is 0 Å². The first-order valence-corrected chi connectivity index (χ1v) is 6.72. The highest BCUT2D eigenvalue weighted by Crippen LogP contribution is 2.20. The Morgan fingerprint density at radius 3 is 3.07 bits per heavy atom. The van der Waals surface area contributed by atoms with Gasteiger partial charge in [0.2, 0.25) is 0 Å².